The average molecular weight is 190 g/mol. The molecule has 0 aliphatic heterocycles. The zero-order chi connectivity index (χ0) is 6.62. The molecular formula is C2H9Na2O5P. The Labute approximate surface area is 106 Å². The van der Waals surface area contributed by atoms with Gasteiger partial charge in [-0.15, -0.1) is 0 Å². The first-order valence-corrected chi connectivity index (χ1v) is 3.40. The third-order valence-electron chi connectivity index (χ3n) is 0.351. The van der Waals surface area contributed by atoms with E-state index >= 15 is 0 Å². The van der Waals surface area contributed by atoms with E-state index in [0.29, 0.717) is 0 Å². The predicted molar refractivity (Wildman–Crippen MR) is 27.3 cm³/mol. The van der Waals surface area contributed by atoms with Crippen molar-refractivity contribution in [3.05, 3.63) is 0 Å². The topological polar surface area (TPSA) is 87.0 Å². The Hall–Kier alpha value is 2.07. The van der Waals surface area contributed by atoms with Crippen molar-refractivity contribution in [2.45, 2.75) is 0 Å². The largest absolute Gasteiger partial charge is 1.00 e. The Morgan fingerprint density at radius 1 is 1.40 bits per heavy atom. The van der Waals surface area contributed by atoms with Crippen LogP contribution in [0, 0.1) is 0 Å². The van der Waals surface area contributed by atoms with Gasteiger partial charge in [-0.1, -0.05) is 0 Å². The van der Waals surface area contributed by atoms with Crippen molar-refractivity contribution in [1.29, 1.82) is 0 Å². The van der Waals surface area contributed by atoms with Gasteiger partial charge in [-0.05, 0) is 0 Å². The van der Waals surface area contributed by atoms with Crippen LogP contribution in [0.15, 0.2) is 0 Å². The molecule has 3 N–H and O–H groups in total. The second-order valence-corrected chi connectivity index (χ2v) is 2.29. The van der Waals surface area contributed by atoms with Crippen LogP contribution >= 0.6 is 7.82 Å². The van der Waals surface area contributed by atoms with Gasteiger partial charge in [-0.2, -0.15) is 0 Å². The van der Waals surface area contributed by atoms with Crippen LogP contribution in [0.25, 0.3) is 0 Å². The molecule has 0 aromatic heterocycles. The van der Waals surface area contributed by atoms with Crippen LogP contribution in [0.4, 0.5) is 0 Å². The molecule has 0 fully saturated rings. The number of phosphoric ester groups is 1. The Bertz CT molecular complexity index is 110. The van der Waals surface area contributed by atoms with Crippen molar-refractivity contribution in [3.63, 3.8) is 0 Å². The van der Waals surface area contributed by atoms with Crippen LogP contribution in [0.5, 0.6) is 0 Å². The van der Waals surface area contributed by atoms with E-state index in [2.05, 4.69) is 4.52 Å². The van der Waals surface area contributed by atoms with E-state index < -0.39 is 7.82 Å². The first-order chi connectivity index (χ1) is 3.56. The zero-order valence-corrected chi connectivity index (χ0v) is 10.9. The molecule has 0 heterocycles. The molecule has 0 unspecified atom stereocenters. The van der Waals surface area contributed by atoms with Gasteiger partial charge in [0.25, 0.3) is 0 Å². The van der Waals surface area contributed by atoms with Crippen LogP contribution in [0.1, 0.15) is 2.85 Å². The number of aliphatic hydroxyl groups excluding tert-OH is 1. The summed E-state index contributed by atoms with van der Waals surface area (Å²) in [4.78, 5) is 15.9. The summed E-state index contributed by atoms with van der Waals surface area (Å²) in [6.45, 7) is -0.713. The van der Waals surface area contributed by atoms with Crippen molar-refractivity contribution >= 4 is 7.82 Å². The van der Waals surface area contributed by atoms with Crippen molar-refractivity contribution < 1.29 is 85.9 Å². The molecule has 0 saturated carbocycles. The van der Waals surface area contributed by atoms with Gasteiger partial charge in [0, 0.05) is 0 Å². The molecule has 54 valence electrons. The second kappa shape index (κ2) is 9.16. The van der Waals surface area contributed by atoms with E-state index in [1.54, 1.807) is 0 Å². The summed E-state index contributed by atoms with van der Waals surface area (Å²) in [5.41, 5.74) is 0. The van der Waals surface area contributed by atoms with Crippen LogP contribution in [0.3, 0.4) is 0 Å². The molecule has 0 radical (unpaired) electrons. The van der Waals surface area contributed by atoms with E-state index in [0.717, 1.165) is 0 Å². The first kappa shape index (κ1) is 18.0. The van der Waals surface area contributed by atoms with Crippen LogP contribution in [0.2, 0.25) is 0 Å². The SMILES string of the molecule is O=P(O)(O)OCCO.[H-].[H-].[Na+].[Na+]. The smallest absolute Gasteiger partial charge is 1.00 e. The van der Waals surface area contributed by atoms with Gasteiger partial charge in [0.15, 0.2) is 0 Å². The number of rotatable bonds is 3. The maximum Gasteiger partial charge on any atom is 1.00 e. The molecule has 10 heavy (non-hydrogen) atoms. The van der Waals surface area contributed by atoms with Crippen molar-refractivity contribution in [1.82, 2.24) is 0 Å². The monoisotopic (exact) mass is 190 g/mol. The molecule has 0 amide bonds. The molecular weight excluding hydrogens is 181 g/mol. The standard InChI is InChI=1S/C2H7O5P.2Na.2H/c3-1-2-7-8(4,5)6;;;;/h3H,1-2H2,(H2,4,5,6);;;;/q;2*+1;2*-1. The molecule has 0 aromatic carbocycles. The molecule has 0 saturated heterocycles. The van der Waals surface area contributed by atoms with E-state index in [9.17, 15) is 4.57 Å². The van der Waals surface area contributed by atoms with Gasteiger partial charge >= 0.3 is 66.9 Å². The summed E-state index contributed by atoms with van der Waals surface area (Å²) < 4.78 is 13.5. The van der Waals surface area contributed by atoms with Crippen molar-refractivity contribution in [2.24, 2.45) is 0 Å². The zero-order valence-electron chi connectivity index (χ0n) is 8.02. The summed E-state index contributed by atoms with van der Waals surface area (Å²) in [5.74, 6) is 0. The minimum atomic E-state index is -4.34. The molecule has 0 atom stereocenters. The molecule has 0 aromatic rings. The minimum Gasteiger partial charge on any atom is -1.00 e. The third-order valence-corrected chi connectivity index (χ3v) is 0.870. The molecule has 5 nitrogen and oxygen atoms in total. The minimum absolute atomic E-state index is 0. The normalized spacial score (nSPS) is 9.50. The maximum absolute atomic E-state index is 9.75. The van der Waals surface area contributed by atoms with Crippen LogP contribution in [-0.4, -0.2) is 28.1 Å². The fraction of sp³-hybridized carbons (Fsp3) is 1.00. The Kier molecular flexibility index (Phi) is 16.5. The van der Waals surface area contributed by atoms with Crippen LogP contribution < -0.4 is 59.1 Å². The van der Waals surface area contributed by atoms with Crippen molar-refractivity contribution in [2.75, 3.05) is 13.2 Å². The summed E-state index contributed by atoms with van der Waals surface area (Å²) in [7, 11) is -4.34. The van der Waals surface area contributed by atoms with Crippen LogP contribution in [-0.2, 0) is 9.09 Å². The molecule has 0 bridgehead atoms. The molecule has 8 heteroatoms. The molecule has 0 rings (SSSR count). The summed E-state index contributed by atoms with van der Waals surface area (Å²) in [6, 6.07) is 0. The van der Waals surface area contributed by atoms with E-state index in [4.69, 9.17) is 14.9 Å². The van der Waals surface area contributed by atoms with Gasteiger partial charge in [0.1, 0.15) is 0 Å². The van der Waals surface area contributed by atoms with Crippen molar-refractivity contribution in [3.8, 4) is 0 Å². The maximum atomic E-state index is 9.75. The number of hydrogen-bond acceptors (Lipinski definition) is 3. The second-order valence-electron chi connectivity index (χ2n) is 1.05. The Morgan fingerprint density at radius 3 is 1.90 bits per heavy atom. The van der Waals surface area contributed by atoms with Gasteiger partial charge in [0.2, 0.25) is 0 Å². The fourth-order valence-corrected chi connectivity index (χ4v) is 0.479. The fourth-order valence-electron chi connectivity index (χ4n) is 0.160. The third kappa shape index (κ3) is 16.6. The predicted octanol–water partition coefficient (Wildman–Crippen LogP) is -6.68. The summed E-state index contributed by atoms with van der Waals surface area (Å²) >= 11 is 0. The average Bonchev–Trinajstić information content (AvgIpc) is 1.59. The number of aliphatic hydroxyl groups is 1. The first-order valence-electron chi connectivity index (χ1n) is 1.87. The Morgan fingerprint density at radius 2 is 1.80 bits per heavy atom. The van der Waals surface area contributed by atoms with E-state index in [-0.39, 0.29) is 75.2 Å². The van der Waals surface area contributed by atoms with Gasteiger partial charge < -0.3 is 17.7 Å². The van der Waals surface area contributed by atoms with Gasteiger partial charge in [-0.25, -0.2) is 4.57 Å². The summed E-state index contributed by atoms with van der Waals surface area (Å²) in [6.07, 6.45) is 0. The van der Waals surface area contributed by atoms with E-state index in [1.807, 2.05) is 0 Å². The molecule has 0 spiro atoms. The Balaban J connectivity index is -0.0000000408. The van der Waals surface area contributed by atoms with E-state index in [1.165, 1.54) is 0 Å². The number of phosphoric acid groups is 1. The van der Waals surface area contributed by atoms with Gasteiger partial charge in [0.05, 0.1) is 13.2 Å². The molecule has 0 aliphatic carbocycles. The quantitative estimate of drug-likeness (QED) is 0.304. The molecule has 0 aliphatic rings. The summed E-state index contributed by atoms with van der Waals surface area (Å²) in [5, 5.41) is 7.96. The number of hydrogen-bond donors (Lipinski definition) is 3. The van der Waals surface area contributed by atoms with Gasteiger partial charge in [-0.3, -0.25) is 4.52 Å².